The molecule has 0 radical (unpaired) electrons. The molecule has 10 heteroatoms. The van der Waals surface area contributed by atoms with Crippen LogP contribution in [0.5, 0.6) is 17.2 Å². The maximum Gasteiger partial charge on any atom is 0.301 e. The first-order chi connectivity index (χ1) is 16.7. The minimum Gasteiger partial charge on any atom is -0.507 e. The van der Waals surface area contributed by atoms with Gasteiger partial charge >= 0.3 is 5.91 Å². The van der Waals surface area contributed by atoms with Crippen LogP contribution in [0.4, 0.5) is 5.13 Å². The van der Waals surface area contributed by atoms with Crippen LogP contribution in [0, 0.1) is 6.92 Å². The largest absolute Gasteiger partial charge is 0.507 e. The predicted molar refractivity (Wildman–Crippen MR) is 131 cm³/mol. The second-order valence-electron chi connectivity index (χ2n) is 8.08. The highest BCUT2D eigenvalue weighted by atomic mass is 32.1. The fourth-order valence-electron chi connectivity index (χ4n) is 3.87. The molecular formula is C25H25N3O6S. The van der Waals surface area contributed by atoms with E-state index in [4.69, 9.17) is 14.2 Å². The van der Waals surface area contributed by atoms with E-state index in [9.17, 15) is 14.7 Å². The number of ketones is 1. The molecule has 2 heterocycles. The minimum absolute atomic E-state index is 0.0137. The van der Waals surface area contributed by atoms with Crippen LogP contribution < -0.4 is 19.1 Å². The van der Waals surface area contributed by atoms with Gasteiger partial charge in [-0.05, 0) is 62.7 Å². The molecule has 0 spiro atoms. The van der Waals surface area contributed by atoms with Crippen molar-refractivity contribution in [3.05, 3.63) is 64.2 Å². The Morgan fingerprint density at radius 1 is 1.03 bits per heavy atom. The lowest BCUT2D eigenvalue weighted by Crippen LogP contribution is -2.29. The summed E-state index contributed by atoms with van der Waals surface area (Å²) in [6.45, 7) is 5.57. The monoisotopic (exact) mass is 495 g/mol. The van der Waals surface area contributed by atoms with Gasteiger partial charge in [-0.1, -0.05) is 17.4 Å². The molecule has 9 nitrogen and oxygen atoms in total. The Balaban J connectivity index is 1.88. The van der Waals surface area contributed by atoms with E-state index in [1.54, 1.807) is 49.4 Å². The maximum absolute atomic E-state index is 13.3. The minimum atomic E-state index is -0.950. The smallest absolute Gasteiger partial charge is 0.301 e. The van der Waals surface area contributed by atoms with E-state index in [0.717, 1.165) is 0 Å². The highest BCUT2D eigenvalue weighted by Crippen LogP contribution is 2.44. The molecule has 1 unspecified atom stereocenters. The van der Waals surface area contributed by atoms with Gasteiger partial charge in [0, 0.05) is 5.56 Å². The van der Waals surface area contributed by atoms with Crippen molar-refractivity contribution in [1.82, 2.24) is 10.2 Å². The normalized spacial score (nSPS) is 17.2. The molecule has 1 amide bonds. The first kappa shape index (κ1) is 24.2. The summed E-state index contributed by atoms with van der Waals surface area (Å²) in [4.78, 5) is 27.7. The van der Waals surface area contributed by atoms with Gasteiger partial charge in [-0.15, -0.1) is 10.2 Å². The number of aliphatic hydroxyl groups is 1. The Morgan fingerprint density at radius 3 is 2.29 bits per heavy atom. The highest BCUT2D eigenvalue weighted by Gasteiger charge is 2.48. The molecule has 0 bridgehead atoms. The van der Waals surface area contributed by atoms with E-state index in [1.165, 1.54) is 30.5 Å². The van der Waals surface area contributed by atoms with Crippen LogP contribution >= 0.6 is 11.3 Å². The van der Waals surface area contributed by atoms with E-state index in [0.29, 0.717) is 33.4 Å². The number of anilines is 1. The molecule has 1 saturated heterocycles. The molecule has 1 fully saturated rings. The van der Waals surface area contributed by atoms with Gasteiger partial charge in [0.2, 0.25) is 5.13 Å². The Hall–Kier alpha value is -3.92. The molecule has 35 heavy (non-hydrogen) atoms. The van der Waals surface area contributed by atoms with Crippen LogP contribution in [0.1, 0.15) is 36.0 Å². The molecule has 4 rings (SSSR count). The fourth-order valence-corrected chi connectivity index (χ4v) is 4.58. The molecule has 1 atom stereocenters. The number of nitrogens with zero attached hydrogens (tertiary/aromatic N) is 3. The number of aryl methyl sites for hydroxylation is 1. The number of hydrogen-bond donors (Lipinski definition) is 1. The van der Waals surface area contributed by atoms with Crippen molar-refractivity contribution in [1.29, 1.82) is 0 Å². The number of ether oxygens (including phenoxy) is 3. The number of benzene rings is 2. The van der Waals surface area contributed by atoms with Gasteiger partial charge in [-0.2, -0.15) is 0 Å². The van der Waals surface area contributed by atoms with E-state index >= 15 is 0 Å². The number of rotatable bonds is 7. The molecule has 182 valence electrons. The summed E-state index contributed by atoms with van der Waals surface area (Å²) < 4.78 is 16.4. The topological polar surface area (TPSA) is 111 Å². The molecule has 3 aromatic rings. The summed E-state index contributed by atoms with van der Waals surface area (Å²) in [5.41, 5.74) is 0.849. The van der Waals surface area contributed by atoms with E-state index in [1.807, 2.05) is 13.8 Å². The predicted octanol–water partition coefficient (Wildman–Crippen LogP) is 4.28. The van der Waals surface area contributed by atoms with Gasteiger partial charge in [0.25, 0.3) is 5.78 Å². The summed E-state index contributed by atoms with van der Waals surface area (Å²) in [6.07, 6.45) is -0.0137. The van der Waals surface area contributed by atoms with E-state index in [2.05, 4.69) is 10.2 Å². The van der Waals surface area contributed by atoms with Crippen LogP contribution in [0.25, 0.3) is 5.76 Å². The van der Waals surface area contributed by atoms with Crippen molar-refractivity contribution in [2.75, 3.05) is 19.1 Å². The lowest BCUT2D eigenvalue weighted by atomic mass is 9.95. The summed E-state index contributed by atoms with van der Waals surface area (Å²) in [6, 6.07) is 10.8. The third-order valence-electron chi connectivity index (χ3n) is 5.39. The Morgan fingerprint density at radius 2 is 1.71 bits per heavy atom. The van der Waals surface area contributed by atoms with Crippen LogP contribution in [0.2, 0.25) is 0 Å². The van der Waals surface area contributed by atoms with E-state index in [-0.39, 0.29) is 22.6 Å². The fraction of sp³-hybridized carbons (Fsp3) is 0.280. The van der Waals surface area contributed by atoms with Crippen molar-refractivity contribution in [3.8, 4) is 17.2 Å². The zero-order valence-electron chi connectivity index (χ0n) is 19.9. The Labute approximate surface area is 206 Å². The Kier molecular flexibility index (Phi) is 6.74. The van der Waals surface area contributed by atoms with Crippen LogP contribution in [0.3, 0.4) is 0 Å². The van der Waals surface area contributed by atoms with Crippen molar-refractivity contribution < 1.29 is 28.9 Å². The summed E-state index contributed by atoms with van der Waals surface area (Å²) in [5.74, 6) is -0.402. The van der Waals surface area contributed by atoms with Crippen LogP contribution in [-0.2, 0) is 9.59 Å². The van der Waals surface area contributed by atoms with Gasteiger partial charge < -0.3 is 19.3 Å². The second-order valence-corrected chi connectivity index (χ2v) is 9.24. The third-order valence-corrected chi connectivity index (χ3v) is 6.23. The quantitative estimate of drug-likeness (QED) is 0.294. The number of Topliss-reactive ketones (excluding diaryl/α,β-unsaturated/α-hetero) is 1. The molecule has 0 aliphatic carbocycles. The molecule has 1 N–H and O–H groups in total. The molecule has 1 aromatic heterocycles. The molecule has 2 aromatic carbocycles. The van der Waals surface area contributed by atoms with Crippen molar-refractivity contribution in [2.24, 2.45) is 0 Å². The molecule has 0 saturated carbocycles. The molecule has 1 aliphatic heterocycles. The van der Waals surface area contributed by atoms with Gasteiger partial charge in [0.1, 0.15) is 16.5 Å². The van der Waals surface area contributed by atoms with Gasteiger partial charge in [-0.3, -0.25) is 14.5 Å². The Bertz CT molecular complexity index is 1300. The van der Waals surface area contributed by atoms with Gasteiger partial charge in [0.15, 0.2) is 11.5 Å². The standard InChI is InChI=1S/C25H25N3O6S/c1-13(2)34-17-9-6-15(7-10-17)22(29)20-21(16-8-11-18(32-4)19(12-16)33-5)28(24(31)23(20)30)25-27-26-14(3)35-25/h6-13,21,29H,1-5H3/b22-20+. The van der Waals surface area contributed by atoms with Gasteiger partial charge in [0.05, 0.1) is 31.9 Å². The summed E-state index contributed by atoms with van der Waals surface area (Å²) in [5, 5.41) is 20.2. The zero-order valence-corrected chi connectivity index (χ0v) is 20.8. The third kappa shape index (κ3) is 4.57. The number of hydrogen-bond acceptors (Lipinski definition) is 9. The van der Waals surface area contributed by atoms with E-state index < -0.39 is 17.7 Å². The van der Waals surface area contributed by atoms with Crippen LogP contribution in [0.15, 0.2) is 48.0 Å². The maximum atomic E-state index is 13.3. The SMILES string of the molecule is COc1ccc(C2/C(=C(\O)c3ccc(OC(C)C)cc3)C(=O)C(=O)N2c2nnc(C)s2)cc1OC. The average Bonchev–Trinajstić information content (AvgIpc) is 3.38. The van der Waals surface area contributed by atoms with Crippen LogP contribution in [-0.4, -0.2) is 47.3 Å². The molecular weight excluding hydrogens is 470 g/mol. The zero-order chi connectivity index (χ0) is 25.3. The highest BCUT2D eigenvalue weighted by molar-refractivity contribution is 7.15. The van der Waals surface area contributed by atoms with Gasteiger partial charge in [-0.25, -0.2) is 0 Å². The lowest BCUT2D eigenvalue weighted by molar-refractivity contribution is -0.132. The number of aromatic nitrogens is 2. The summed E-state index contributed by atoms with van der Waals surface area (Å²) in [7, 11) is 3.01. The number of amides is 1. The number of carbonyl (C=O) groups is 2. The lowest BCUT2D eigenvalue weighted by Gasteiger charge is -2.23. The first-order valence-corrected chi connectivity index (χ1v) is 11.7. The number of carbonyl (C=O) groups excluding carboxylic acids is 2. The second kappa shape index (κ2) is 9.75. The van der Waals surface area contributed by atoms with Crippen molar-refractivity contribution in [2.45, 2.75) is 32.9 Å². The van der Waals surface area contributed by atoms with Crippen molar-refractivity contribution >= 4 is 33.9 Å². The number of aliphatic hydroxyl groups excluding tert-OH is 1. The average molecular weight is 496 g/mol. The van der Waals surface area contributed by atoms with Crippen molar-refractivity contribution in [3.63, 3.8) is 0 Å². The first-order valence-electron chi connectivity index (χ1n) is 10.8. The molecule has 1 aliphatic rings. The number of methoxy groups -OCH3 is 2. The summed E-state index contributed by atoms with van der Waals surface area (Å²) >= 11 is 1.18.